The first-order valence-electron chi connectivity index (χ1n) is 9.42. The van der Waals surface area contributed by atoms with Crippen LogP contribution in [0.3, 0.4) is 0 Å². The quantitative estimate of drug-likeness (QED) is 0.359. The van der Waals surface area contributed by atoms with Crippen molar-refractivity contribution in [2.75, 3.05) is 0 Å². The highest BCUT2D eigenvalue weighted by Crippen LogP contribution is 2.33. The van der Waals surface area contributed by atoms with Crippen molar-refractivity contribution >= 4 is 17.7 Å². The Labute approximate surface area is 168 Å². The summed E-state index contributed by atoms with van der Waals surface area (Å²) in [5, 5.41) is 39.2. The Hall–Kier alpha value is -2.49. The molecular formula is C20H27NO8. The van der Waals surface area contributed by atoms with Gasteiger partial charge in [0, 0.05) is 12.5 Å². The number of aromatic hydroxyl groups is 1. The number of Topliss-reactive ketones (excluding diaryl/α,β-unsaturated/α-hetero) is 1. The zero-order chi connectivity index (χ0) is 21.9. The molecule has 1 aliphatic rings. The molecule has 0 aliphatic carbocycles. The molecular weight excluding hydrogens is 382 g/mol. The van der Waals surface area contributed by atoms with Gasteiger partial charge in [0.2, 0.25) is 0 Å². The number of phenols is 1. The van der Waals surface area contributed by atoms with E-state index >= 15 is 0 Å². The van der Waals surface area contributed by atoms with Crippen LogP contribution in [-0.4, -0.2) is 62.5 Å². The maximum atomic E-state index is 12.9. The third-order valence-corrected chi connectivity index (χ3v) is 5.02. The fourth-order valence-electron chi connectivity index (χ4n) is 3.57. The first-order valence-corrected chi connectivity index (χ1v) is 9.42. The number of carbonyl (C=O) groups is 3. The van der Waals surface area contributed by atoms with E-state index in [-0.39, 0.29) is 30.1 Å². The highest BCUT2D eigenvalue weighted by Gasteiger charge is 2.42. The van der Waals surface area contributed by atoms with Crippen LogP contribution in [0, 0.1) is 11.8 Å². The summed E-state index contributed by atoms with van der Waals surface area (Å²) in [7, 11) is 0. The van der Waals surface area contributed by atoms with Crippen LogP contribution < -0.4 is 5.73 Å². The number of carboxylic acids is 1. The molecule has 2 rings (SSSR count). The Kier molecular flexibility index (Phi) is 7.34. The average Bonchev–Trinajstić information content (AvgIpc) is 2.63. The molecule has 9 nitrogen and oxygen atoms in total. The maximum Gasteiger partial charge on any atom is 0.342 e. The predicted octanol–water partition coefficient (Wildman–Crippen LogP) is 0.229. The fourth-order valence-corrected chi connectivity index (χ4v) is 3.57. The SMILES string of the molecule is CC(C)C[C@H](C(=O)[C@@H](O)[C@@H](O)[C@H](N)CC(=O)O)[C@@H]1Cc2cccc(O)c2C(=O)O1. The molecule has 1 aromatic carbocycles. The van der Waals surface area contributed by atoms with E-state index in [1.165, 1.54) is 6.07 Å². The minimum Gasteiger partial charge on any atom is -0.507 e. The van der Waals surface area contributed by atoms with Gasteiger partial charge < -0.3 is 30.9 Å². The van der Waals surface area contributed by atoms with Gasteiger partial charge in [-0.3, -0.25) is 9.59 Å². The van der Waals surface area contributed by atoms with Gasteiger partial charge in [-0.15, -0.1) is 0 Å². The largest absolute Gasteiger partial charge is 0.507 e. The molecule has 0 saturated heterocycles. The zero-order valence-electron chi connectivity index (χ0n) is 16.3. The topological polar surface area (TPSA) is 167 Å². The molecule has 0 fully saturated rings. The summed E-state index contributed by atoms with van der Waals surface area (Å²) in [6, 6.07) is 3.25. The molecule has 0 aromatic heterocycles. The molecule has 1 aliphatic heterocycles. The van der Waals surface area contributed by atoms with E-state index in [2.05, 4.69) is 0 Å². The van der Waals surface area contributed by atoms with Gasteiger partial charge in [0.15, 0.2) is 5.78 Å². The monoisotopic (exact) mass is 409 g/mol. The number of carboxylic acid groups (broad SMARTS) is 1. The van der Waals surface area contributed by atoms with Crippen LogP contribution in [0.15, 0.2) is 18.2 Å². The molecule has 0 saturated carbocycles. The molecule has 0 bridgehead atoms. The number of ether oxygens (including phenoxy) is 1. The number of aliphatic hydroxyl groups excluding tert-OH is 2. The molecule has 9 heteroatoms. The van der Waals surface area contributed by atoms with Crippen LogP contribution in [0.2, 0.25) is 0 Å². The number of aliphatic carboxylic acids is 1. The Morgan fingerprint density at radius 3 is 2.52 bits per heavy atom. The molecule has 1 heterocycles. The highest BCUT2D eigenvalue weighted by atomic mass is 16.5. The fraction of sp³-hybridized carbons (Fsp3) is 0.550. The van der Waals surface area contributed by atoms with Crippen molar-refractivity contribution in [3.05, 3.63) is 29.3 Å². The standard InChI is InChI=1S/C20H27NO8/c1-9(2)6-11(17(25)19(27)18(26)12(21)8-15(23)24)14-7-10-4-3-5-13(22)16(10)20(28)29-14/h3-5,9,11-12,14,18-19,22,26-27H,6-8,21H2,1-2H3,(H,23,24)/t11-,12+,14-,18-,19+/m0/s1. The van der Waals surface area contributed by atoms with E-state index in [9.17, 15) is 29.7 Å². The molecule has 0 radical (unpaired) electrons. The van der Waals surface area contributed by atoms with Crippen LogP contribution >= 0.6 is 0 Å². The van der Waals surface area contributed by atoms with Gasteiger partial charge in [0.25, 0.3) is 0 Å². The zero-order valence-corrected chi connectivity index (χ0v) is 16.3. The number of ketones is 1. The van der Waals surface area contributed by atoms with Gasteiger partial charge in [-0.2, -0.15) is 0 Å². The maximum absolute atomic E-state index is 12.9. The molecule has 29 heavy (non-hydrogen) atoms. The number of esters is 1. The van der Waals surface area contributed by atoms with E-state index in [0.29, 0.717) is 5.56 Å². The summed E-state index contributed by atoms with van der Waals surface area (Å²) in [5.41, 5.74) is 6.15. The number of rotatable bonds is 9. The van der Waals surface area contributed by atoms with Gasteiger partial charge in [-0.25, -0.2) is 4.79 Å². The Morgan fingerprint density at radius 2 is 1.93 bits per heavy atom. The minimum absolute atomic E-state index is 0.00487. The number of hydrogen-bond donors (Lipinski definition) is 5. The van der Waals surface area contributed by atoms with Crippen molar-refractivity contribution in [3.63, 3.8) is 0 Å². The van der Waals surface area contributed by atoms with Crippen molar-refractivity contribution in [2.45, 2.75) is 57.5 Å². The summed E-state index contributed by atoms with van der Waals surface area (Å²) in [5.74, 6) is -3.95. The van der Waals surface area contributed by atoms with Gasteiger partial charge >= 0.3 is 11.9 Å². The molecule has 1 aromatic rings. The number of benzene rings is 1. The van der Waals surface area contributed by atoms with Gasteiger partial charge in [-0.1, -0.05) is 26.0 Å². The van der Waals surface area contributed by atoms with Crippen LogP contribution in [-0.2, 0) is 20.7 Å². The molecule has 0 spiro atoms. The highest BCUT2D eigenvalue weighted by molar-refractivity contribution is 5.96. The molecule has 160 valence electrons. The van der Waals surface area contributed by atoms with Gasteiger partial charge in [-0.05, 0) is 24.0 Å². The van der Waals surface area contributed by atoms with Crippen LogP contribution in [0.5, 0.6) is 5.75 Å². The lowest BCUT2D eigenvalue weighted by Crippen LogP contribution is -2.51. The van der Waals surface area contributed by atoms with Crippen LogP contribution in [0.25, 0.3) is 0 Å². The van der Waals surface area contributed by atoms with E-state index in [1.54, 1.807) is 12.1 Å². The summed E-state index contributed by atoms with van der Waals surface area (Å²) in [4.78, 5) is 36.1. The summed E-state index contributed by atoms with van der Waals surface area (Å²) >= 11 is 0. The number of carbonyl (C=O) groups excluding carboxylic acids is 2. The van der Waals surface area contributed by atoms with Crippen molar-refractivity contribution in [1.29, 1.82) is 0 Å². The van der Waals surface area contributed by atoms with E-state index in [0.717, 1.165) is 0 Å². The predicted molar refractivity (Wildman–Crippen MR) is 101 cm³/mol. The first kappa shape index (κ1) is 22.8. The molecule has 0 amide bonds. The second kappa shape index (κ2) is 9.34. The number of fused-ring (bicyclic) bond motifs is 1. The second-order valence-electron chi connectivity index (χ2n) is 7.79. The number of nitrogens with two attached hydrogens (primary N) is 1. The van der Waals surface area contributed by atoms with Gasteiger partial charge in [0.1, 0.15) is 29.6 Å². The van der Waals surface area contributed by atoms with Crippen molar-refractivity contribution < 1.29 is 39.5 Å². The number of hydrogen-bond acceptors (Lipinski definition) is 8. The van der Waals surface area contributed by atoms with E-state index in [1.807, 2.05) is 13.8 Å². The molecule has 0 unspecified atom stereocenters. The third-order valence-electron chi connectivity index (χ3n) is 5.02. The van der Waals surface area contributed by atoms with Crippen molar-refractivity contribution in [2.24, 2.45) is 17.6 Å². The average molecular weight is 409 g/mol. The molecule has 5 atom stereocenters. The second-order valence-corrected chi connectivity index (χ2v) is 7.79. The molecule has 6 N–H and O–H groups in total. The van der Waals surface area contributed by atoms with Crippen LogP contribution in [0.4, 0.5) is 0 Å². The minimum atomic E-state index is -1.92. The van der Waals surface area contributed by atoms with E-state index in [4.69, 9.17) is 15.6 Å². The lowest BCUT2D eigenvalue weighted by atomic mass is 9.80. The lowest BCUT2D eigenvalue weighted by molar-refractivity contribution is -0.145. The van der Waals surface area contributed by atoms with Gasteiger partial charge in [0.05, 0.1) is 12.3 Å². The lowest BCUT2D eigenvalue weighted by Gasteiger charge is -2.33. The number of cyclic esters (lactones) is 1. The van der Waals surface area contributed by atoms with Crippen LogP contribution in [0.1, 0.15) is 42.6 Å². The number of aliphatic hydroxyl groups is 2. The van der Waals surface area contributed by atoms with Crippen molar-refractivity contribution in [1.82, 2.24) is 0 Å². The Balaban J connectivity index is 2.26. The summed E-state index contributed by atoms with van der Waals surface area (Å²) < 4.78 is 5.39. The smallest absolute Gasteiger partial charge is 0.342 e. The number of phenolic OH excluding ortho intramolecular Hbond substituents is 1. The Morgan fingerprint density at radius 1 is 1.28 bits per heavy atom. The van der Waals surface area contributed by atoms with E-state index < -0.39 is 54.4 Å². The third kappa shape index (κ3) is 5.31. The summed E-state index contributed by atoms with van der Waals surface area (Å²) in [6.45, 7) is 3.70. The summed E-state index contributed by atoms with van der Waals surface area (Å²) in [6.07, 6.45) is -4.79. The van der Waals surface area contributed by atoms with Crippen molar-refractivity contribution in [3.8, 4) is 5.75 Å². The normalized spacial score (nSPS) is 20.3. The Bertz CT molecular complexity index is 778. The first-order chi connectivity index (χ1) is 13.5.